The lowest BCUT2D eigenvalue weighted by Crippen LogP contribution is -2.19. The molecule has 0 saturated carbocycles. The Morgan fingerprint density at radius 2 is 1.42 bits per heavy atom. The van der Waals surface area contributed by atoms with E-state index < -0.39 is 12.8 Å². The van der Waals surface area contributed by atoms with Gasteiger partial charge in [0.05, 0.1) is 13.2 Å². The monoisotopic (exact) mass is 360 g/mol. The van der Waals surface area contributed by atoms with Gasteiger partial charge in [0.25, 0.3) is 0 Å². The summed E-state index contributed by atoms with van der Waals surface area (Å²) in [7, 11) is 0. The summed E-state index contributed by atoms with van der Waals surface area (Å²) in [6.07, 6.45) is 0.823. The van der Waals surface area contributed by atoms with Gasteiger partial charge in [0.2, 0.25) is 0 Å². The van der Waals surface area contributed by atoms with Crippen molar-refractivity contribution in [3.05, 3.63) is 59.7 Å². The number of hydrogen-bond donors (Lipinski definition) is 1. The SMILES string of the molecule is CCCCOc1ccc(C(C)(C)c2ccc(OCC(F)CO)cc2)cc1. The molecule has 0 spiro atoms. The van der Waals surface area contributed by atoms with E-state index in [4.69, 9.17) is 14.6 Å². The molecule has 26 heavy (non-hydrogen) atoms. The first kappa shape index (κ1) is 20.2. The van der Waals surface area contributed by atoms with Gasteiger partial charge in [0.15, 0.2) is 6.17 Å². The van der Waals surface area contributed by atoms with Crippen molar-refractivity contribution in [1.29, 1.82) is 0 Å². The predicted octanol–water partition coefficient (Wildman–Crippen LogP) is 4.90. The summed E-state index contributed by atoms with van der Waals surface area (Å²) < 4.78 is 24.1. The second-order valence-electron chi connectivity index (χ2n) is 6.97. The number of unbranched alkanes of at least 4 members (excludes halogenated alkanes) is 1. The first-order valence-electron chi connectivity index (χ1n) is 9.19. The van der Waals surface area contributed by atoms with Crippen LogP contribution in [0.2, 0.25) is 0 Å². The minimum absolute atomic E-state index is 0.140. The number of aliphatic hydroxyl groups is 1. The molecule has 1 atom stereocenters. The summed E-state index contributed by atoms with van der Waals surface area (Å²) in [4.78, 5) is 0. The molecule has 0 amide bonds. The Balaban J connectivity index is 2.04. The van der Waals surface area contributed by atoms with Crippen LogP contribution in [0, 0.1) is 0 Å². The van der Waals surface area contributed by atoms with Gasteiger partial charge in [0, 0.05) is 5.41 Å². The molecule has 1 unspecified atom stereocenters. The van der Waals surface area contributed by atoms with Crippen LogP contribution in [0.25, 0.3) is 0 Å². The standard InChI is InChI=1S/C22H29FO3/c1-4-5-14-25-20-10-6-17(7-11-20)22(2,3)18-8-12-21(13-9-18)26-16-19(23)15-24/h6-13,19,24H,4-5,14-16H2,1-3H3. The third-order valence-electron chi connectivity index (χ3n) is 4.55. The maximum absolute atomic E-state index is 13.1. The first-order chi connectivity index (χ1) is 12.5. The maximum Gasteiger partial charge on any atom is 0.157 e. The first-order valence-corrected chi connectivity index (χ1v) is 9.19. The van der Waals surface area contributed by atoms with E-state index in [0.29, 0.717) is 5.75 Å². The van der Waals surface area contributed by atoms with Crippen LogP contribution in [-0.4, -0.2) is 31.1 Å². The summed E-state index contributed by atoms with van der Waals surface area (Å²) in [6.45, 7) is 6.56. The number of rotatable bonds is 10. The molecule has 1 N–H and O–H groups in total. The van der Waals surface area contributed by atoms with Crippen LogP contribution in [0.3, 0.4) is 0 Å². The highest BCUT2D eigenvalue weighted by atomic mass is 19.1. The number of hydrogen-bond acceptors (Lipinski definition) is 3. The van der Waals surface area contributed by atoms with E-state index in [2.05, 4.69) is 32.9 Å². The average Bonchev–Trinajstić information content (AvgIpc) is 2.67. The molecule has 0 saturated heterocycles. The molecule has 2 aromatic rings. The molecule has 0 bridgehead atoms. The molecule has 2 rings (SSSR count). The van der Waals surface area contributed by atoms with Gasteiger partial charge in [-0.1, -0.05) is 51.5 Å². The van der Waals surface area contributed by atoms with Gasteiger partial charge in [0.1, 0.15) is 18.1 Å². The van der Waals surface area contributed by atoms with Crippen LogP contribution < -0.4 is 9.47 Å². The summed E-state index contributed by atoms with van der Waals surface area (Å²) >= 11 is 0. The Labute approximate surface area is 155 Å². The molecule has 0 aliphatic heterocycles. The van der Waals surface area contributed by atoms with E-state index in [-0.39, 0.29) is 12.0 Å². The topological polar surface area (TPSA) is 38.7 Å². The van der Waals surface area contributed by atoms with E-state index in [1.807, 2.05) is 36.4 Å². The van der Waals surface area contributed by atoms with Crippen molar-refractivity contribution in [2.24, 2.45) is 0 Å². The Morgan fingerprint density at radius 3 is 1.88 bits per heavy atom. The lowest BCUT2D eigenvalue weighted by atomic mass is 9.78. The molecule has 4 heteroatoms. The van der Waals surface area contributed by atoms with Gasteiger partial charge in [-0.2, -0.15) is 0 Å². The van der Waals surface area contributed by atoms with Crippen molar-refractivity contribution in [3.8, 4) is 11.5 Å². The van der Waals surface area contributed by atoms with Crippen LogP contribution >= 0.6 is 0 Å². The average molecular weight is 360 g/mol. The fraction of sp³-hybridized carbons (Fsp3) is 0.455. The Morgan fingerprint density at radius 1 is 0.923 bits per heavy atom. The fourth-order valence-electron chi connectivity index (χ4n) is 2.68. The van der Waals surface area contributed by atoms with Crippen molar-refractivity contribution < 1.29 is 19.0 Å². The van der Waals surface area contributed by atoms with E-state index in [9.17, 15) is 4.39 Å². The largest absolute Gasteiger partial charge is 0.494 e. The minimum atomic E-state index is -1.36. The Bertz CT molecular complexity index is 650. The van der Waals surface area contributed by atoms with E-state index in [1.165, 1.54) is 5.56 Å². The molecule has 0 heterocycles. The van der Waals surface area contributed by atoms with E-state index in [1.54, 1.807) is 0 Å². The summed E-state index contributed by atoms with van der Waals surface area (Å²) in [5.74, 6) is 1.49. The summed E-state index contributed by atoms with van der Waals surface area (Å²) in [5, 5.41) is 8.71. The quantitative estimate of drug-likeness (QED) is 0.613. The third kappa shape index (κ3) is 5.46. The highest BCUT2D eigenvalue weighted by Gasteiger charge is 2.23. The fourth-order valence-corrected chi connectivity index (χ4v) is 2.68. The van der Waals surface area contributed by atoms with Crippen molar-refractivity contribution in [3.63, 3.8) is 0 Å². The van der Waals surface area contributed by atoms with Crippen molar-refractivity contribution in [1.82, 2.24) is 0 Å². The second-order valence-corrected chi connectivity index (χ2v) is 6.97. The summed E-state index contributed by atoms with van der Waals surface area (Å²) in [6, 6.07) is 15.9. The van der Waals surface area contributed by atoms with Gasteiger partial charge < -0.3 is 14.6 Å². The molecule has 3 nitrogen and oxygen atoms in total. The normalized spacial score (nSPS) is 12.7. The van der Waals surface area contributed by atoms with Gasteiger partial charge in [-0.3, -0.25) is 0 Å². The molecule has 0 aromatic heterocycles. The zero-order valence-corrected chi connectivity index (χ0v) is 15.9. The Hall–Kier alpha value is -2.07. The molecule has 142 valence electrons. The van der Waals surface area contributed by atoms with E-state index in [0.717, 1.165) is 30.8 Å². The Kier molecular flexibility index (Phi) is 7.46. The lowest BCUT2D eigenvalue weighted by Gasteiger charge is -2.26. The van der Waals surface area contributed by atoms with Crippen LogP contribution in [0.5, 0.6) is 11.5 Å². The molecule has 0 fully saturated rings. The number of benzene rings is 2. The van der Waals surface area contributed by atoms with Gasteiger partial charge in [-0.05, 0) is 41.8 Å². The highest BCUT2D eigenvalue weighted by Crippen LogP contribution is 2.33. The molecule has 0 aliphatic carbocycles. The maximum atomic E-state index is 13.1. The number of halogens is 1. The van der Waals surface area contributed by atoms with Crippen molar-refractivity contribution in [2.45, 2.75) is 45.2 Å². The molecule has 0 aliphatic rings. The lowest BCUT2D eigenvalue weighted by molar-refractivity contribution is 0.123. The minimum Gasteiger partial charge on any atom is -0.494 e. The molecule has 0 radical (unpaired) electrons. The number of ether oxygens (including phenoxy) is 2. The van der Waals surface area contributed by atoms with Crippen LogP contribution in [0.4, 0.5) is 4.39 Å². The van der Waals surface area contributed by atoms with Crippen molar-refractivity contribution >= 4 is 0 Å². The van der Waals surface area contributed by atoms with Crippen LogP contribution in [0.15, 0.2) is 48.5 Å². The van der Waals surface area contributed by atoms with E-state index >= 15 is 0 Å². The zero-order valence-electron chi connectivity index (χ0n) is 15.9. The van der Waals surface area contributed by atoms with Gasteiger partial charge in [-0.15, -0.1) is 0 Å². The summed E-state index contributed by atoms with van der Waals surface area (Å²) in [5.41, 5.74) is 2.16. The highest BCUT2D eigenvalue weighted by molar-refractivity contribution is 5.41. The van der Waals surface area contributed by atoms with Gasteiger partial charge in [-0.25, -0.2) is 4.39 Å². The second kappa shape index (κ2) is 9.58. The zero-order chi connectivity index (χ0) is 19.0. The number of alkyl halides is 1. The smallest absolute Gasteiger partial charge is 0.157 e. The van der Waals surface area contributed by atoms with Gasteiger partial charge >= 0.3 is 0 Å². The van der Waals surface area contributed by atoms with Crippen LogP contribution in [0.1, 0.15) is 44.7 Å². The van der Waals surface area contributed by atoms with Crippen molar-refractivity contribution in [2.75, 3.05) is 19.8 Å². The number of aliphatic hydroxyl groups excluding tert-OH is 1. The molecular formula is C22H29FO3. The molecule has 2 aromatic carbocycles. The predicted molar refractivity (Wildman–Crippen MR) is 103 cm³/mol. The third-order valence-corrected chi connectivity index (χ3v) is 4.55. The van der Waals surface area contributed by atoms with Crippen LogP contribution in [-0.2, 0) is 5.41 Å². The molecular weight excluding hydrogens is 331 g/mol.